The number of amides is 2. The zero-order valence-electron chi connectivity index (χ0n) is 16.1. The number of carbonyl (C=O) groups excluding carboxylic acids is 1. The smallest absolute Gasteiger partial charge is 0.322 e. The van der Waals surface area contributed by atoms with Crippen LogP contribution in [0.4, 0.5) is 10.5 Å². The van der Waals surface area contributed by atoms with Gasteiger partial charge in [-0.2, -0.15) is 5.10 Å². The Bertz CT molecular complexity index is 723. The number of carbonyl (C=O) groups is 1. The second-order valence-corrected chi connectivity index (χ2v) is 6.69. The Morgan fingerprint density at radius 1 is 1.41 bits per heavy atom. The van der Waals surface area contributed by atoms with E-state index in [0.29, 0.717) is 18.8 Å². The summed E-state index contributed by atoms with van der Waals surface area (Å²) in [6, 6.07) is 7.84. The van der Waals surface area contributed by atoms with Crippen molar-refractivity contribution in [3.05, 3.63) is 42.2 Å². The van der Waals surface area contributed by atoms with E-state index < -0.39 is 0 Å². The maximum atomic E-state index is 12.8. The maximum Gasteiger partial charge on any atom is 0.322 e. The van der Waals surface area contributed by atoms with Crippen LogP contribution >= 0.6 is 0 Å². The Balaban J connectivity index is 1.62. The number of aryl methyl sites for hydroxylation is 1. The molecule has 146 valence electrons. The summed E-state index contributed by atoms with van der Waals surface area (Å²) < 4.78 is 12.7. The highest BCUT2D eigenvalue weighted by Crippen LogP contribution is 2.16. The van der Waals surface area contributed by atoms with E-state index in [2.05, 4.69) is 10.4 Å². The van der Waals surface area contributed by atoms with Crippen molar-refractivity contribution in [3.8, 4) is 5.75 Å². The second kappa shape index (κ2) is 9.41. The van der Waals surface area contributed by atoms with Gasteiger partial charge >= 0.3 is 6.03 Å². The molecule has 1 aliphatic rings. The Morgan fingerprint density at radius 3 is 2.85 bits per heavy atom. The van der Waals surface area contributed by atoms with E-state index in [1.165, 1.54) is 5.56 Å². The first-order chi connectivity index (χ1) is 13.2. The lowest BCUT2D eigenvalue weighted by Crippen LogP contribution is -2.41. The molecule has 2 amide bonds. The third kappa shape index (κ3) is 5.47. The zero-order valence-corrected chi connectivity index (χ0v) is 16.1. The highest BCUT2D eigenvalue weighted by molar-refractivity contribution is 5.89. The SMILES string of the molecule is CCn1cc(NC(=O)N(CCc2ccc(OC)cc2)CC2CCCO2)cn1. The van der Waals surface area contributed by atoms with Crippen molar-refractivity contribution >= 4 is 11.7 Å². The number of hydrogen-bond acceptors (Lipinski definition) is 4. The maximum absolute atomic E-state index is 12.8. The number of hydrogen-bond donors (Lipinski definition) is 1. The fraction of sp³-hybridized carbons (Fsp3) is 0.500. The highest BCUT2D eigenvalue weighted by atomic mass is 16.5. The summed E-state index contributed by atoms with van der Waals surface area (Å²) in [6.45, 7) is 4.79. The Morgan fingerprint density at radius 2 is 2.22 bits per heavy atom. The van der Waals surface area contributed by atoms with Crippen LogP contribution in [0.15, 0.2) is 36.7 Å². The molecule has 7 nitrogen and oxygen atoms in total. The van der Waals surface area contributed by atoms with Gasteiger partial charge in [-0.25, -0.2) is 4.79 Å². The molecule has 1 atom stereocenters. The summed E-state index contributed by atoms with van der Waals surface area (Å²) >= 11 is 0. The molecule has 0 aliphatic carbocycles. The van der Waals surface area contributed by atoms with Crippen molar-refractivity contribution in [1.82, 2.24) is 14.7 Å². The van der Waals surface area contributed by atoms with Crippen LogP contribution in [-0.2, 0) is 17.7 Å². The molecule has 0 saturated carbocycles. The lowest BCUT2D eigenvalue weighted by molar-refractivity contribution is 0.0839. The van der Waals surface area contributed by atoms with Gasteiger partial charge < -0.3 is 19.7 Å². The highest BCUT2D eigenvalue weighted by Gasteiger charge is 2.23. The molecule has 1 saturated heterocycles. The molecule has 1 aliphatic heterocycles. The average Bonchev–Trinajstić information content (AvgIpc) is 3.37. The number of aromatic nitrogens is 2. The number of nitrogens with zero attached hydrogens (tertiary/aromatic N) is 3. The minimum absolute atomic E-state index is 0.116. The minimum atomic E-state index is -0.116. The zero-order chi connectivity index (χ0) is 19.1. The lowest BCUT2D eigenvalue weighted by Gasteiger charge is -2.25. The number of methoxy groups -OCH3 is 1. The quantitative estimate of drug-likeness (QED) is 0.773. The van der Waals surface area contributed by atoms with E-state index in [9.17, 15) is 4.79 Å². The van der Waals surface area contributed by atoms with Crippen molar-refractivity contribution < 1.29 is 14.3 Å². The van der Waals surface area contributed by atoms with Crippen molar-refractivity contribution in [1.29, 1.82) is 0 Å². The summed E-state index contributed by atoms with van der Waals surface area (Å²) in [5.41, 5.74) is 1.88. The molecule has 1 aromatic heterocycles. The molecule has 27 heavy (non-hydrogen) atoms. The van der Waals surface area contributed by atoms with Gasteiger partial charge in [-0.15, -0.1) is 0 Å². The molecule has 1 fully saturated rings. The fourth-order valence-electron chi connectivity index (χ4n) is 3.17. The third-order valence-electron chi connectivity index (χ3n) is 4.77. The molecule has 1 aromatic carbocycles. The van der Waals surface area contributed by atoms with E-state index in [1.807, 2.05) is 42.3 Å². The van der Waals surface area contributed by atoms with E-state index in [-0.39, 0.29) is 12.1 Å². The van der Waals surface area contributed by atoms with E-state index >= 15 is 0 Å². The molecule has 2 heterocycles. The Labute approximate surface area is 160 Å². The van der Waals surface area contributed by atoms with Crippen molar-refractivity contribution in [3.63, 3.8) is 0 Å². The summed E-state index contributed by atoms with van der Waals surface area (Å²) in [4.78, 5) is 14.7. The van der Waals surface area contributed by atoms with Crippen LogP contribution in [0.25, 0.3) is 0 Å². The van der Waals surface area contributed by atoms with Crippen molar-refractivity contribution in [2.24, 2.45) is 0 Å². The van der Waals surface area contributed by atoms with Gasteiger partial charge in [0.2, 0.25) is 0 Å². The largest absolute Gasteiger partial charge is 0.497 e. The predicted octanol–water partition coefficient (Wildman–Crippen LogP) is 3.17. The standard InChI is InChI=1S/C20H28N4O3/c1-3-24-14-17(13-21-24)22-20(25)23(15-19-5-4-12-27-19)11-10-16-6-8-18(26-2)9-7-16/h6-9,13-14,19H,3-5,10-12,15H2,1-2H3,(H,22,25). The lowest BCUT2D eigenvalue weighted by atomic mass is 10.1. The molecule has 0 bridgehead atoms. The first-order valence-corrected chi connectivity index (χ1v) is 9.51. The molecule has 0 radical (unpaired) electrons. The number of benzene rings is 1. The van der Waals surface area contributed by atoms with Crippen molar-refractivity contribution in [2.75, 3.05) is 32.1 Å². The van der Waals surface area contributed by atoms with Gasteiger partial charge in [0.05, 0.1) is 25.1 Å². The Kier molecular flexibility index (Phi) is 6.70. The second-order valence-electron chi connectivity index (χ2n) is 6.69. The van der Waals surface area contributed by atoms with E-state index in [1.54, 1.807) is 18.0 Å². The minimum Gasteiger partial charge on any atom is -0.497 e. The summed E-state index contributed by atoms with van der Waals surface area (Å²) in [5.74, 6) is 0.834. The molecular weight excluding hydrogens is 344 g/mol. The Hall–Kier alpha value is -2.54. The van der Waals surface area contributed by atoms with Crippen LogP contribution in [-0.4, -0.2) is 53.6 Å². The molecule has 1 N–H and O–H groups in total. The summed E-state index contributed by atoms with van der Waals surface area (Å²) in [7, 11) is 1.66. The van der Waals surface area contributed by atoms with Gasteiger partial charge in [0.1, 0.15) is 5.75 Å². The molecule has 0 spiro atoms. The van der Waals surface area contributed by atoms with Gasteiger partial charge in [0.25, 0.3) is 0 Å². The number of nitrogens with one attached hydrogen (secondary N) is 1. The first-order valence-electron chi connectivity index (χ1n) is 9.51. The molecule has 1 unspecified atom stereocenters. The summed E-state index contributed by atoms with van der Waals surface area (Å²) in [6.07, 6.45) is 6.46. The molecular formula is C20H28N4O3. The number of ether oxygens (including phenoxy) is 2. The van der Waals surface area contributed by atoms with Gasteiger partial charge in [-0.3, -0.25) is 4.68 Å². The number of urea groups is 1. The normalized spacial score (nSPS) is 16.3. The van der Waals surface area contributed by atoms with E-state index in [0.717, 1.165) is 38.2 Å². The third-order valence-corrected chi connectivity index (χ3v) is 4.77. The van der Waals surface area contributed by atoms with Crippen molar-refractivity contribution in [2.45, 2.75) is 38.8 Å². The van der Waals surface area contributed by atoms with Gasteiger partial charge in [0.15, 0.2) is 0 Å². The fourth-order valence-corrected chi connectivity index (χ4v) is 3.17. The first kappa shape index (κ1) is 19.2. The van der Waals surface area contributed by atoms with E-state index in [4.69, 9.17) is 9.47 Å². The predicted molar refractivity (Wildman–Crippen MR) is 104 cm³/mol. The monoisotopic (exact) mass is 372 g/mol. The van der Waals surface area contributed by atoms with Crippen LogP contribution in [0.2, 0.25) is 0 Å². The molecule has 3 rings (SSSR count). The van der Waals surface area contributed by atoms with Crippen LogP contribution in [0.1, 0.15) is 25.3 Å². The van der Waals surface area contributed by atoms with Gasteiger partial charge in [0, 0.05) is 32.4 Å². The van der Waals surface area contributed by atoms with Crippen LogP contribution in [0.5, 0.6) is 5.75 Å². The van der Waals surface area contributed by atoms with Crippen LogP contribution in [0.3, 0.4) is 0 Å². The topological polar surface area (TPSA) is 68.6 Å². The average molecular weight is 372 g/mol. The van der Waals surface area contributed by atoms with Crippen LogP contribution < -0.4 is 10.1 Å². The number of rotatable bonds is 8. The molecule has 7 heteroatoms. The number of anilines is 1. The molecule has 2 aromatic rings. The van der Waals surface area contributed by atoms with Gasteiger partial charge in [-0.05, 0) is 43.9 Å². The van der Waals surface area contributed by atoms with Crippen LogP contribution in [0, 0.1) is 0 Å². The summed E-state index contributed by atoms with van der Waals surface area (Å²) in [5, 5.41) is 7.16. The van der Waals surface area contributed by atoms with Gasteiger partial charge in [-0.1, -0.05) is 12.1 Å².